The van der Waals surface area contributed by atoms with E-state index >= 15 is 0 Å². The van der Waals surface area contributed by atoms with Gasteiger partial charge in [-0.3, -0.25) is 0 Å². The standard InChI is InChI=1S/C24H27N5/c1-29(23-21(13-8-16-25-23)20-11-6-3-7-12-20)22-15-18-27-24(28-22)26-17-14-19-9-4-2-5-10-19/h2,4-5,8-11,13,15-16,18H,3,6-7,12,14,17H2,1H3,(H,26,27,28). The molecule has 148 valence electrons. The van der Waals surface area contributed by atoms with Gasteiger partial charge in [0.2, 0.25) is 5.95 Å². The molecule has 0 spiro atoms. The van der Waals surface area contributed by atoms with E-state index in [1.54, 1.807) is 6.20 Å². The Kier molecular flexibility index (Phi) is 6.15. The molecule has 0 saturated carbocycles. The highest BCUT2D eigenvalue weighted by molar-refractivity contribution is 5.77. The molecule has 0 aliphatic heterocycles. The smallest absolute Gasteiger partial charge is 0.224 e. The number of rotatable bonds is 7. The molecule has 4 rings (SSSR count). The minimum atomic E-state index is 0.639. The van der Waals surface area contributed by atoms with Crippen LogP contribution >= 0.6 is 0 Å². The van der Waals surface area contributed by atoms with Gasteiger partial charge in [-0.05, 0) is 61.4 Å². The van der Waals surface area contributed by atoms with E-state index in [1.165, 1.54) is 29.5 Å². The van der Waals surface area contributed by atoms with Gasteiger partial charge in [0.15, 0.2) is 0 Å². The van der Waals surface area contributed by atoms with Gasteiger partial charge in [-0.25, -0.2) is 9.97 Å². The summed E-state index contributed by atoms with van der Waals surface area (Å²) in [6, 6.07) is 16.5. The number of nitrogens with one attached hydrogen (secondary N) is 1. The van der Waals surface area contributed by atoms with Crippen molar-refractivity contribution >= 4 is 23.2 Å². The van der Waals surface area contributed by atoms with Crippen LogP contribution in [0.4, 0.5) is 17.6 Å². The van der Waals surface area contributed by atoms with E-state index in [4.69, 9.17) is 4.98 Å². The van der Waals surface area contributed by atoms with Crippen molar-refractivity contribution in [3.63, 3.8) is 0 Å². The van der Waals surface area contributed by atoms with E-state index in [1.807, 2.05) is 31.4 Å². The molecule has 1 N–H and O–H groups in total. The second-order valence-corrected chi connectivity index (χ2v) is 7.31. The molecule has 0 atom stereocenters. The highest BCUT2D eigenvalue weighted by Gasteiger charge is 2.16. The van der Waals surface area contributed by atoms with E-state index in [9.17, 15) is 0 Å². The Hall–Kier alpha value is -3.21. The largest absolute Gasteiger partial charge is 0.354 e. The lowest BCUT2D eigenvalue weighted by atomic mass is 9.94. The summed E-state index contributed by atoms with van der Waals surface area (Å²) in [7, 11) is 2.02. The molecule has 2 aromatic heterocycles. The summed E-state index contributed by atoms with van der Waals surface area (Å²) in [5, 5.41) is 3.34. The molecule has 5 heteroatoms. The van der Waals surface area contributed by atoms with Crippen LogP contribution in [0.1, 0.15) is 36.8 Å². The van der Waals surface area contributed by atoms with Crippen LogP contribution in [0.5, 0.6) is 0 Å². The van der Waals surface area contributed by atoms with E-state index in [0.29, 0.717) is 5.95 Å². The van der Waals surface area contributed by atoms with Crippen molar-refractivity contribution < 1.29 is 0 Å². The molecule has 0 radical (unpaired) electrons. The third-order valence-electron chi connectivity index (χ3n) is 5.27. The Balaban J connectivity index is 1.49. The number of anilines is 3. The monoisotopic (exact) mass is 385 g/mol. The predicted molar refractivity (Wildman–Crippen MR) is 119 cm³/mol. The van der Waals surface area contributed by atoms with Crippen molar-refractivity contribution in [1.29, 1.82) is 0 Å². The summed E-state index contributed by atoms with van der Waals surface area (Å²) >= 11 is 0. The van der Waals surface area contributed by atoms with Crippen LogP contribution < -0.4 is 10.2 Å². The topological polar surface area (TPSA) is 53.9 Å². The van der Waals surface area contributed by atoms with Crippen LogP contribution in [0.25, 0.3) is 5.57 Å². The highest BCUT2D eigenvalue weighted by atomic mass is 15.2. The highest BCUT2D eigenvalue weighted by Crippen LogP contribution is 2.33. The van der Waals surface area contributed by atoms with Crippen LogP contribution in [0.3, 0.4) is 0 Å². The SMILES string of the molecule is CN(c1ccnc(NCCc2ccccc2)n1)c1ncccc1C1=CCCCC1. The van der Waals surface area contributed by atoms with Crippen LogP contribution in [0, 0.1) is 0 Å². The maximum Gasteiger partial charge on any atom is 0.224 e. The number of benzene rings is 1. The fourth-order valence-electron chi connectivity index (χ4n) is 3.69. The lowest BCUT2D eigenvalue weighted by molar-refractivity contribution is 0.741. The van der Waals surface area contributed by atoms with Crippen molar-refractivity contribution in [3.05, 3.63) is 78.1 Å². The molecule has 0 unspecified atom stereocenters. The number of allylic oxidation sites excluding steroid dienone is 2. The van der Waals surface area contributed by atoms with Gasteiger partial charge in [0, 0.05) is 31.5 Å². The van der Waals surface area contributed by atoms with Gasteiger partial charge in [-0.2, -0.15) is 4.98 Å². The van der Waals surface area contributed by atoms with Crippen LogP contribution in [-0.2, 0) is 6.42 Å². The maximum absolute atomic E-state index is 4.71. The van der Waals surface area contributed by atoms with Crippen molar-refractivity contribution in [2.75, 3.05) is 23.8 Å². The van der Waals surface area contributed by atoms with Gasteiger partial charge in [0.05, 0.1) is 0 Å². The molecule has 2 heterocycles. The number of hydrogen-bond donors (Lipinski definition) is 1. The lowest BCUT2D eigenvalue weighted by Crippen LogP contribution is -2.16. The van der Waals surface area contributed by atoms with E-state index in [-0.39, 0.29) is 0 Å². The molecule has 5 nitrogen and oxygen atoms in total. The van der Waals surface area contributed by atoms with E-state index in [2.05, 4.69) is 56.6 Å². The summed E-state index contributed by atoms with van der Waals surface area (Å²) < 4.78 is 0. The second-order valence-electron chi connectivity index (χ2n) is 7.31. The predicted octanol–water partition coefficient (Wildman–Crippen LogP) is 5.25. The summed E-state index contributed by atoms with van der Waals surface area (Å²) in [6.07, 6.45) is 11.7. The zero-order valence-electron chi connectivity index (χ0n) is 16.9. The molecule has 0 amide bonds. The summed E-state index contributed by atoms with van der Waals surface area (Å²) in [6.45, 7) is 0.791. The average molecular weight is 386 g/mol. The van der Waals surface area contributed by atoms with Gasteiger partial charge >= 0.3 is 0 Å². The lowest BCUT2D eigenvalue weighted by Gasteiger charge is -2.23. The van der Waals surface area contributed by atoms with Crippen molar-refractivity contribution in [2.24, 2.45) is 0 Å². The Labute approximate surface area is 172 Å². The first-order chi connectivity index (χ1) is 14.3. The number of hydrogen-bond acceptors (Lipinski definition) is 5. The van der Waals surface area contributed by atoms with Crippen molar-refractivity contribution in [2.45, 2.75) is 32.1 Å². The first-order valence-electron chi connectivity index (χ1n) is 10.3. The quantitative estimate of drug-likeness (QED) is 0.602. The minimum absolute atomic E-state index is 0.639. The third kappa shape index (κ3) is 4.80. The van der Waals surface area contributed by atoms with Crippen molar-refractivity contribution in [1.82, 2.24) is 15.0 Å². The minimum Gasteiger partial charge on any atom is -0.354 e. The normalized spacial score (nSPS) is 13.6. The Morgan fingerprint density at radius 3 is 2.69 bits per heavy atom. The average Bonchev–Trinajstić information content (AvgIpc) is 2.80. The summed E-state index contributed by atoms with van der Waals surface area (Å²) in [5.74, 6) is 2.41. The molecule has 3 aromatic rings. The first-order valence-corrected chi connectivity index (χ1v) is 10.3. The second kappa shape index (κ2) is 9.32. The number of pyridine rings is 1. The Bertz CT molecular complexity index is 968. The van der Waals surface area contributed by atoms with E-state index < -0.39 is 0 Å². The zero-order valence-corrected chi connectivity index (χ0v) is 16.9. The Morgan fingerprint density at radius 2 is 1.86 bits per heavy atom. The molecule has 1 aromatic carbocycles. The summed E-state index contributed by atoms with van der Waals surface area (Å²) in [5.41, 5.74) is 3.89. The van der Waals surface area contributed by atoms with Gasteiger partial charge in [0.1, 0.15) is 11.6 Å². The van der Waals surface area contributed by atoms with Crippen LogP contribution in [0.2, 0.25) is 0 Å². The first kappa shape index (κ1) is 19.1. The molecular weight excluding hydrogens is 358 g/mol. The fourth-order valence-corrected chi connectivity index (χ4v) is 3.69. The Morgan fingerprint density at radius 1 is 0.966 bits per heavy atom. The zero-order chi connectivity index (χ0) is 19.9. The van der Waals surface area contributed by atoms with Gasteiger partial charge in [-0.1, -0.05) is 36.4 Å². The van der Waals surface area contributed by atoms with E-state index in [0.717, 1.165) is 37.4 Å². The van der Waals surface area contributed by atoms with Crippen LogP contribution in [-0.4, -0.2) is 28.5 Å². The van der Waals surface area contributed by atoms with Gasteiger partial charge < -0.3 is 10.2 Å². The van der Waals surface area contributed by atoms with Gasteiger partial charge in [-0.15, -0.1) is 0 Å². The maximum atomic E-state index is 4.71. The summed E-state index contributed by atoms with van der Waals surface area (Å²) in [4.78, 5) is 15.8. The third-order valence-corrected chi connectivity index (χ3v) is 5.27. The molecule has 0 saturated heterocycles. The van der Waals surface area contributed by atoms with Crippen molar-refractivity contribution in [3.8, 4) is 0 Å². The molecule has 0 fully saturated rings. The van der Waals surface area contributed by atoms with Gasteiger partial charge in [0.25, 0.3) is 0 Å². The molecule has 1 aliphatic rings. The number of aromatic nitrogens is 3. The van der Waals surface area contributed by atoms with Crippen LogP contribution in [0.15, 0.2) is 67.0 Å². The molecule has 1 aliphatic carbocycles. The number of nitrogens with zero attached hydrogens (tertiary/aromatic N) is 4. The fraction of sp³-hybridized carbons (Fsp3) is 0.292. The molecular formula is C24H27N5. The molecule has 29 heavy (non-hydrogen) atoms. The molecule has 0 bridgehead atoms.